The minimum atomic E-state index is -0.183. The number of hydrogen-bond donors (Lipinski definition) is 2. The maximum absolute atomic E-state index is 10.5. The van der Waals surface area contributed by atoms with E-state index in [2.05, 4.69) is 25.1 Å². The van der Waals surface area contributed by atoms with Crippen molar-refractivity contribution in [2.24, 2.45) is 17.8 Å². The van der Waals surface area contributed by atoms with E-state index in [1.807, 2.05) is 6.07 Å². The van der Waals surface area contributed by atoms with Gasteiger partial charge in [0.15, 0.2) is 0 Å². The van der Waals surface area contributed by atoms with E-state index in [1.165, 1.54) is 24.0 Å². The number of hydrogen-bond acceptors (Lipinski definition) is 2. The highest BCUT2D eigenvalue weighted by atomic mass is 16.3. The third kappa shape index (κ3) is 3.97. The van der Waals surface area contributed by atoms with Crippen LogP contribution < -0.4 is 0 Å². The van der Waals surface area contributed by atoms with E-state index < -0.39 is 0 Å². The van der Waals surface area contributed by atoms with Crippen LogP contribution in [0.4, 0.5) is 0 Å². The van der Waals surface area contributed by atoms with E-state index in [0.29, 0.717) is 17.8 Å². The molecular weight excluding hydrogens is 284 g/mol. The van der Waals surface area contributed by atoms with Crippen LogP contribution in [0.5, 0.6) is 0 Å². The molecule has 0 heterocycles. The van der Waals surface area contributed by atoms with Gasteiger partial charge in [0, 0.05) is 0 Å². The summed E-state index contributed by atoms with van der Waals surface area (Å²) in [6.07, 6.45) is 9.02. The van der Waals surface area contributed by atoms with Crippen molar-refractivity contribution >= 4 is 0 Å². The van der Waals surface area contributed by atoms with E-state index in [4.69, 9.17) is 0 Å². The molecule has 1 aromatic rings. The van der Waals surface area contributed by atoms with Gasteiger partial charge in [0.25, 0.3) is 0 Å². The van der Waals surface area contributed by atoms with Gasteiger partial charge in [-0.15, -0.1) is 0 Å². The van der Waals surface area contributed by atoms with Gasteiger partial charge >= 0.3 is 0 Å². The maximum Gasteiger partial charge on any atom is 0.0574 e. The van der Waals surface area contributed by atoms with Crippen molar-refractivity contribution in [3.63, 3.8) is 0 Å². The van der Waals surface area contributed by atoms with Crippen LogP contribution in [0.1, 0.15) is 63.0 Å². The van der Waals surface area contributed by atoms with Crippen LogP contribution in [0.25, 0.3) is 0 Å². The molecule has 1 saturated carbocycles. The minimum absolute atomic E-state index is 0.179. The van der Waals surface area contributed by atoms with Crippen LogP contribution >= 0.6 is 0 Å². The normalized spacial score (nSPS) is 30.7. The number of benzene rings is 1. The summed E-state index contributed by atoms with van der Waals surface area (Å²) in [6, 6.07) is 9.70. The first kappa shape index (κ1) is 17.0. The Morgan fingerprint density at radius 2 is 2.13 bits per heavy atom. The van der Waals surface area contributed by atoms with E-state index in [1.54, 1.807) is 0 Å². The molecular formula is C21H31O2. The molecule has 2 nitrogen and oxygen atoms in total. The SMILES string of the molecule is CCCCC[C@H](O)CC[C@@H]1[C@H]2Cc3ccc[c]c3C[C@H]2C[C@H]1O. The van der Waals surface area contributed by atoms with Crippen LogP contribution in [0.3, 0.4) is 0 Å². The van der Waals surface area contributed by atoms with Crippen LogP contribution in [-0.2, 0) is 12.8 Å². The van der Waals surface area contributed by atoms with Crippen LogP contribution in [-0.4, -0.2) is 22.4 Å². The van der Waals surface area contributed by atoms with Crippen molar-refractivity contribution in [1.82, 2.24) is 0 Å². The Kier molecular flexibility index (Phi) is 5.76. The molecule has 127 valence electrons. The van der Waals surface area contributed by atoms with Crippen molar-refractivity contribution in [3.05, 3.63) is 35.4 Å². The lowest BCUT2D eigenvalue weighted by atomic mass is 9.74. The molecule has 1 radical (unpaired) electrons. The molecule has 1 aromatic carbocycles. The third-order valence-electron chi connectivity index (χ3n) is 6.13. The summed E-state index contributed by atoms with van der Waals surface area (Å²) in [5, 5.41) is 20.7. The Hall–Kier alpha value is -0.860. The molecule has 0 aromatic heterocycles. The molecule has 2 aliphatic rings. The standard InChI is InChI=1S/C21H31O2/c1-2-3-4-9-18(22)10-11-19-20-13-16-8-6-5-7-15(16)12-17(20)14-21(19)23/h5-6,8,17-23H,2-4,9-14H2,1H3/t17-,18-,19+,20-,21+/m0/s1. The average molecular weight is 315 g/mol. The summed E-state index contributed by atoms with van der Waals surface area (Å²) in [7, 11) is 0. The van der Waals surface area contributed by atoms with Crippen molar-refractivity contribution < 1.29 is 10.2 Å². The second kappa shape index (κ2) is 7.81. The third-order valence-corrected chi connectivity index (χ3v) is 6.13. The van der Waals surface area contributed by atoms with Crippen molar-refractivity contribution in [2.75, 3.05) is 0 Å². The first-order valence-corrected chi connectivity index (χ1v) is 9.53. The first-order valence-electron chi connectivity index (χ1n) is 9.53. The molecule has 0 unspecified atom stereocenters. The largest absolute Gasteiger partial charge is 0.393 e. The molecule has 2 N–H and O–H groups in total. The van der Waals surface area contributed by atoms with Gasteiger partial charge in [0.1, 0.15) is 0 Å². The zero-order chi connectivity index (χ0) is 16.2. The van der Waals surface area contributed by atoms with Gasteiger partial charge in [0.05, 0.1) is 12.2 Å². The van der Waals surface area contributed by atoms with E-state index >= 15 is 0 Å². The Labute approximate surface area is 140 Å². The molecule has 0 aliphatic heterocycles. The van der Waals surface area contributed by atoms with Gasteiger partial charge in [-0.3, -0.25) is 0 Å². The molecule has 2 heteroatoms. The monoisotopic (exact) mass is 315 g/mol. The van der Waals surface area contributed by atoms with Crippen LogP contribution in [0, 0.1) is 23.8 Å². The lowest BCUT2D eigenvalue weighted by Gasteiger charge is -2.31. The van der Waals surface area contributed by atoms with Gasteiger partial charge in [-0.1, -0.05) is 44.4 Å². The second-order valence-electron chi connectivity index (χ2n) is 7.70. The Morgan fingerprint density at radius 3 is 2.96 bits per heavy atom. The summed E-state index contributed by atoms with van der Waals surface area (Å²) < 4.78 is 0. The smallest absolute Gasteiger partial charge is 0.0574 e. The second-order valence-corrected chi connectivity index (χ2v) is 7.70. The van der Waals surface area contributed by atoms with Gasteiger partial charge in [-0.25, -0.2) is 0 Å². The molecule has 5 atom stereocenters. The highest BCUT2D eigenvalue weighted by molar-refractivity contribution is 5.30. The highest BCUT2D eigenvalue weighted by Gasteiger charge is 2.44. The zero-order valence-electron chi connectivity index (χ0n) is 14.4. The molecule has 23 heavy (non-hydrogen) atoms. The molecule has 0 saturated heterocycles. The Morgan fingerprint density at radius 1 is 1.26 bits per heavy atom. The number of aliphatic hydroxyl groups is 2. The Bertz CT molecular complexity index is 498. The van der Waals surface area contributed by atoms with E-state index in [9.17, 15) is 10.2 Å². The lowest BCUT2D eigenvalue weighted by molar-refractivity contribution is 0.0870. The first-order chi connectivity index (χ1) is 11.2. The molecule has 0 spiro atoms. The van der Waals surface area contributed by atoms with E-state index in [-0.39, 0.29) is 12.2 Å². The quantitative estimate of drug-likeness (QED) is 0.749. The van der Waals surface area contributed by atoms with Gasteiger partial charge < -0.3 is 10.2 Å². The Balaban J connectivity index is 1.56. The average Bonchev–Trinajstić information content (AvgIpc) is 2.85. The number of unbranched alkanes of at least 4 members (excludes halogenated alkanes) is 2. The zero-order valence-corrected chi connectivity index (χ0v) is 14.4. The topological polar surface area (TPSA) is 40.5 Å². The van der Waals surface area contributed by atoms with Gasteiger partial charge in [-0.2, -0.15) is 0 Å². The summed E-state index contributed by atoms with van der Waals surface area (Å²) in [5.41, 5.74) is 2.79. The molecule has 3 rings (SSSR count). The highest BCUT2D eigenvalue weighted by Crippen LogP contribution is 2.46. The number of rotatable bonds is 7. The summed E-state index contributed by atoms with van der Waals surface area (Å²) in [4.78, 5) is 0. The molecule has 0 bridgehead atoms. The molecule has 0 amide bonds. The van der Waals surface area contributed by atoms with Crippen molar-refractivity contribution in [3.8, 4) is 0 Å². The molecule has 2 aliphatic carbocycles. The summed E-state index contributed by atoms with van der Waals surface area (Å²) >= 11 is 0. The van der Waals surface area contributed by atoms with E-state index in [0.717, 1.165) is 44.9 Å². The fraction of sp³-hybridized carbons (Fsp3) is 0.714. The molecule has 1 fully saturated rings. The number of aliphatic hydroxyl groups excluding tert-OH is 2. The number of fused-ring (bicyclic) bond motifs is 2. The maximum atomic E-state index is 10.5. The fourth-order valence-corrected chi connectivity index (χ4v) is 4.82. The fourth-order valence-electron chi connectivity index (χ4n) is 4.82. The predicted octanol–water partition coefficient (Wildman–Crippen LogP) is 3.92. The van der Waals surface area contributed by atoms with Crippen molar-refractivity contribution in [1.29, 1.82) is 0 Å². The predicted molar refractivity (Wildman–Crippen MR) is 93.2 cm³/mol. The summed E-state index contributed by atoms with van der Waals surface area (Å²) in [5.74, 6) is 1.57. The van der Waals surface area contributed by atoms with Gasteiger partial charge in [-0.05, 0) is 73.5 Å². The van der Waals surface area contributed by atoms with Gasteiger partial charge in [0.2, 0.25) is 0 Å². The van der Waals surface area contributed by atoms with Crippen LogP contribution in [0.15, 0.2) is 18.2 Å². The lowest BCUT2D eigenvalue weighted by Crippen LogP contribution is -2.27. The van der Waals surface area contributed by atoms with Crippen LogP contribution in [0.2, 0.25) is 0 Å². The summed E-state index contributed by atoms with van der Waals surface area (Å²) in [6.45, 7) is 2.19. The van der Waals surface area contributed by atoms with Crippen molar-refractivity contribution in [2.45, 2.75) is 76.9 Å². The minimum Gasteiger partial charge on any atom is -0.393 e.